The monoisotopic (exact) mass is 303 g/mol. The number of rotatable bonds is 5. The summed E-state index contributed by atoms with van der Waals surface area (Å²) in [5.41, 5.74) is 10.0. The summed E-state index contributed by atoms with van der Waals surface area (Å²) in [6.45, 7) is 5.07. The molecule has 21 heavy (non-hydrogen) atoms. The third-order valence-electron chi connectivity index (χ3n) is 3.92. The zero-order chi connectivity index (χ0) is 14.8. The molecule has 1 aliphatic heterocycles. The van der Waals surface area contributed by atoms with E-state index >= 15 is 0 Å². The Bertz CT molecular complexity index is 624. The molecule has 1 unspecified atom stereocenters. The van der Waals surface area contributed by atoms with Crippen LogP contribution in [0.1, 0.15) is 53.9 Å². The zero-order valence-corrected chi connectivity index (χ0v) is 13.3. The van der Waals surface area contributed by atoms with E-state index in [2.05, 4.69) is 41.6 Å². The van der Waals surface area contributed by atoms with Gasteiger partial charge in [0.1, 0.15) is 5.75 Å². The SMILES string of the molecule is CC(C)c1nnsc1C(N)CCc1ccc2c(c1)CCO2. The predicted molar refractivity (Wildman–Crippen MR) is 84.9 cm³/mol. The summed E-state index contributed by atoms with van der Waals surface area (Å²) in [4.78, 5) is 1.13. The molecule has 2 aromatic rings. The molecule has 1 aromatic heterocycles. The fourth-order valence-corrected chi connectivity index (χ4v) is 3.55. The second kappa shape index (κ2) is 6.12. The van der Waals surface area contributed by atoms with E-state index in [1.165, 1.54) is 22.7 Å². The first-order chi connectivity index (χ1) is 10.1. The molecule has 4 nitrogen and oxygen atoms in total. The van der Waals surface area contributed by atoms with Crippen LogP contribution < -0.4 is 10.5 Å². The fraction of sp³-hybridized carbons (Fsp3) is 0.500. The van der Waals surface area contributed by atoms with Gasteiger partial charge < -0.3 is 10.5 Å². The molecule has 0 fully saturated rings. The van der Waals surface area contributed by atoms with E-state index in [0.717, 1.165) is 42.2 Å². The molecule has 0 radical (unpaired) electrons. The first-order valence-corrected chi connectivity index (χ1v) is 8.25. The van der Waals surface area contributed by atoms with Gasteiger partial charge in [0.25, 0.3) is 0 Å². The molecule has 2 N–H and O–H groups in total. The molecule has 1 aliphatic rings. The van der Waals surface area contributed by atoms with E-state index in [-0.39, 0.29) is 6.04 Å². The van der Waals surface area contributed by atoms with Gasteiger partial charge in [-0.1, -0.05) is 30.5 Å². The number of hydrogen-bond acceptors (Lipinski definition) is 5. The lowest BCUT2D eigenvalue weighted by molar-refractivity contribution is 0.357. The van der Waals surface area contributed by atoms with Crippen molar-refractivity contribution >= 4 is 11.5 Å². The largest absolute Gasteiger partial charge is 0.493 e. The van der Waals surface area contributed by atoms with Crippen LogP contribution in [0.4, 0.5) is 0 Å². The molecule has 0 saturated carbocycles. The van der Waals surface area contributed by atoms with Gasteiger partial charge in [0.05, 0.1) is 17.2 Å². The van der Waals surface area contributed by atoms with Crippen molar-refractivity contribution in [2.24, 2.45) is 5.73 Å². The molecule has 0 bridgehead atoms. The van der Waals surface area contributed by atoms with Gasteiger partial charge in [-0.25, -0.2) is 0 Å². The third-order valence-corrected chi connectivity index (χ3v) is 4.79. The van der Waals surface area contributed by atoms with E-state index in [9.17, 15) is 0 Å². The molecule has 1 aromatic carbocycles. The summed E-state index contributed by atoms with van der Waals surface area (Å²) >= 11 is 1.44. The van der Waals surface area contributed by atoms with Gasteiger partial charge in [-0.05, 0) is 47.5 Å². The van der Waals surface area contributed by atoms with E-state index in [1.807, 2.05) is 0 Å². The van der Waals surface area contributed by atoms with Crippen LogP contribution >= 0.6 is 11.5 Å². The van der Waals surface area contributed by atoms with Gasteiger partial charge in [0, 0.05) is 12.5 Å². The summed E-state index contributed by atoms with van der Waals surface area (Å²) in [5, 5.41) is 4.21. The maximum Gasteiger partial charge on any atom is 0.122 e. The van der Waals surface area contributed by atoms with E-state index in [1.54, 1.807) is 0 Å². The smallest absolute Gasteiger partial charge is 0.122 e. The van der Waals surface area contributed by atoms with E-state index in [4.69, 9.17) is 10.5 Å². The van der Waals surface area contributed by atoms with Crippen LogP contribution in [0.5, 0.6) is 5.75 Å². The normalized spacial score (nSPS) is 15.0. The minimum absolute atomic E-state index is 0.0203. The second-order valence-corrected chi connectivity index (χ2v) is 6.65. The van der Waals surface area contributed by atoms with Crippen LogP contribution in [0.25, 0.3) is 0 Å². The molecular weight excluding hydrogens is 282 g/mol. The number of nitrogens with zero attached hydrogens (tertiary/aromatic N) is 2. The minimum atomic E-state index is 0.0203. The molecule has 1 atom stereocenters. The minimum Gasteiger partial charge on any atom is -0.493 e. The maximum atomic E-state index is 6.34. The molecule has 5 heteroatoms. The van der Waals surface area contributed by atoms with Crippen molar-refractivity contribution in [1.82, 2.24) is 9.59 Å². The number of aryl methyl sites for hydroxylation is 1. The van der Waals surface area contributed by atoms with Crippen molar-refractivity contribution in [1.29, 1.82) is 0 Å². The van der Waals surface area contributed by atoms with E-state index in [0.29, 0.717) is 5.92 Å². The van der Waals surface area contributed by atoms with Crippen molar-refractivity contribution in [3.63, 3.8) is 0 Å². The number of hydrogen-bond donors (Lipinski definition) is 1. The lowest BCUT2D eigenvalue weighted by atomic mass is 9.99. The van der Waals surface area contributed by atoms with Gasteiger partial charge in [0.15, 0.2) is 0 Å². The van der Waals surface area contributed by atoms with Crippen molar-refractivity contribution in [3.05, 3.63) is 39.9 Å². The average Bonchev–Trinajstić information content (AvgIpc) is 3.12. The fourth-order valence-electron chi connectivity index (χ4n) is 2.71. The lowest BCUT2D eigenvalue weighted by Crippen LogP contribution is -2.12. The zero-order valence-electron chi connectivity index (χ0n) is 12.5. The summed E-state index contributed by atoms with van der Waals surface area (Å²) in [6, 6.07) is 6.50. The summed E-state index contributed by atoms with van der Waals surface area (Å²) < 4.78 is 9.60. The van der Waals surface area contributed by atoms with Gasteiger partial charge >= 0.3 is 0 Å². The maximum absolute atomic E-state index is 6.34. The van der Waals surface area contributed by atoms with Crippen molar-refractivity contribution in [3.8, 4) is 5.75 Å². The highest BCUT2D eigenvalue weighted by molar-refractivity contribution is 7.05. The third kappa shape index (κ3) is 3.09. The van der Waals surface area contributed by atoms with Crippen LogP contribution in [-0.2, 0) is 12.8 Å². The van der Waals surface area contributed by atoms with Gasteiger partial charge in [-0.2, -0.15) is 0 Å². The number of fused-ring (bicyclic) bond motifs is 1. The summed E-state index contributed by atoms with van der Waals surface area (Å²) in [5.74, 6) is 1.42. The Morgan fingerprint density at radius 2 is 2.24 bits per heavy atom. The van der Waals surface area contributed by atoms with Crippen molar-refractivity contribution < 1.29 is 4.74 Å². The van der Waals surface area contributed by atoms with Crippen molar-refractivity contribution in [2.75, 3.05) is 6.61 Å². The summed E-state index contributed by atoms with van der Waals surface area (Å²) in [6.07, 6.45) is 2.92. The molecule has 0 spiro atoms. The van der Waals surface area contributed by atoms with Gasteiger partial charge in [-0.15, -0.1) is 5.10 Å². The Hall–Kier alpha value is -1.46. The Labute approximate surface area is 129 Å². The van der Waals surface area contributed by atoms with Crippen LogP contribution in [-0.4, -0.2) is 16.2 Å². The first kappa shape index (κ1) is 14.5. The highest BCUT2D eigenvalue weighted by atomic mass is 32.1. The molecule has 2 heterocycles. The molecule has 0 saturated heterocycles. The standard InChI is InChI=1S/C16H21N3OS/c1-10(2)15-16(21-19-18-15)13(17)5-3-11-4-6-14-12(9-11)7-8-20-14/h4,6,9-10,13H,3,5,7-8,17H2,1-2H3. The highest BCUT2D eigenvalue weighted by Crippen LogP contribution is 2.29. The molecule has 3 rings (SSSR count). The Morgan fingerprint density at radius 3 is 3.05 bits per heavy atom. The summed E-state index contributed by atoms with van der Waals surface area (Å²) in [7, 11) is 0. The number of ether oxygens (including phenoxy) is 1. The van der Waals surface area contributed by atoms with Crippen LogP contribution in [0.15, 0.2) is 18.2 Å². The number of aromatic nitrogens is 2. The molecule has 112 valence electrons. The van der Waals surface area contributed by atoms with Crippen LogP contribution in [0, 0.1) is 0 Å². The van der Waals surface area contributed by atoms with Crippen LogP contribution in [0.3, 0.4) is 0 Å². The number of benzene rings is 1. The lowest BCUT2D eigenvalue weighted by Gasteiger charge is -2.12. The Morgan fingerprint density at radius 1 is 1.38 bits per heavy atom. The van der Waals surface area contributed by atoms with Gasteiger partial charge in [-0.3, -0.25) is 0 Å². The topological polar surface area (TPSA) is 61.0 Å². The Kier molecular flexibility index (Phi) is 4.22. The predicted octanol–water partition coefficient (Wildman–Crippen LogP) is 3.23. The van der Waals surface area contributed by atoms with E-state index < -0.39 is 0 Å². The molecule has 0 amide bonds. The highest BCUT2D eigenvalue weighted by Gasteiger charge is 2.18. The van der Waals surface area contributed by atoms with Crippen molar-refractivity contribution in [2.45, 2.75) is 45.1 Å². The quantitative estimate of drug-likeness (QED) is 0.921. The number of nitrogens with two attached hydrogens (primary N) is 1. The molecular formula is C16H21N3OS. The van der Waals surface area contributed by atoms with Gasteiger partial charge in [0.2, 0.25) is 0 Å². The average molecular weight is 303 g/mol. The first-order valence-electron chi connectivity index (χ1n) is 7.47. The van der Waals surface area contributed by atoms with Crippen LogP contribution in [0.2, 0.25) is 0 Å². The molecule has 0 aliphatic carbocycles. The Balaban J connectivity index is 1.65. The second-order valence-electron chi connectivity index (χ2n) is 5.86.